The largest absolute Gasteiger partial charge is 0.455 e. The number of rotatable bonds is 4. The number of aryl methyl sites for hydroxylation is 1. The molecule has 0 radical (unpaired) electrons. The van der Waals surface area contributed by atoms with Crippen LogP contribution in [-0.2, 0) is 11.3 Å². The van der Waals surface area contributed by atoms with Crippen molar-refractivity contribution in [1.29, 1.82) is 0 Å². The quantitative estimate of drug-likeness (QED) is 0.692. The van der Waals surface area contributed by atoms with Crippen LogP contribution in [0.4, 0.5) is 0 Å². The Kier molecular flexibility index (Phi) is 3.74. The molecule has 0 aliphatic rings. The van der Waals surface area contributed by atoms with Crippen LogP contribution in [-0.4, -0.2) is 25.5 Å². The Labute approximate surface area is 125 Å². The zero-order chi connectivity index (χ0) is 14.7. The van der Waals surface area contributed by atoms with Gasteiger partial charge in [0.25, 0.3) is 0 Å². The first-order valence-electron chi connectivity index (χ1n) is 6.25. The zero-order valence-corrected chi connectivity index (χ0v) is 12.1. The van der Waals surface area contributed by atoms with Crippen LogP contribution in [0.25, 0.3) is 5.82 Å². The van der Waals surface area contributed by atoms with Crippen LogP contribution in [0.5, 0.6) is 0 Å². The van der Waals surface area contributed by atoms with Gasteiger partial charge in [0.2, 0.25) is 0 Å². The number of aromatic nitrogens is 4. The lowest BCUT2D eigenvalue weighted by Crippen LogP contribution is -2.07. The molecule has 0 fully saturated rings. The highest BCUT2D eigenvalue weighted by atomic mass is 32.1. The van der Waals surface area contributed by atoms with Crippen molar-refractivity contribution in [3.05, 3.63) is 58.7 Å². The molecule has 0 spiro atoms. The molecule has 3 rings (SSSR count). The summed E-state index contributed by atoms with van der Waals surface area (Å²) in [5.41, 5.74) is 1.37. The molecule has 21 heavy (non-hydrogen) atoms. The first-order valence-corrected chi connectivity index (χ1v) is 7.13. The summed E-state index contributed by atoms with van der Waals surface area (Å²) in [4.78, 5) is 24.4. The minimum absolute atomic E-state index is 0.181. The molecule has 106 valence electrons. The van der Waals surface area contributed by atoms with Gasteiger partial charge in [0.1, 0.15) is 23.8 Å². The van der Waals surface area contributed by atoms with E-state index in [0.717, 1.165) is 10.7 Å². The highest BCUT2D eigenvalue weighted by Crippen LogP contribution is 2.12. The smallest absolute Gasteiger partial charge is 0.338 e. The van der Waals surface area contributed by atoms with Gasteiger partial charge in [0, 0.05) is 29.7 Å². The standard InChI is InChI=1S/C14H12N4O2S/c1-10-8-21-13(17-10)7-20-14(19)11-2-3-16-12(6-11)18-5-4-15-9-18/h2-6,8-9H,7H2,1H3. The van der Waals surface area contributed by atoms with Crippen LogP contribution in [0.3, 0.4) is 0 Å². The van der Waals surface area contributed by atoms with E-state index in [0.29, 0.717) is 11.4 Å². The Morgan fingerprint density at radius 3 is 3.05 bits per heavy atom. The third-order valence-electron chi connectivity index (χ3n) is 2.74. The second-order valence-electron chi connectivity index (χ2n) is 4.33. The van der Waals surface area contributed by atoms with Gasteiger partial charge < -0.3 is 4.74 Å². The van der Waals surface area contributed by atoms with Crippen LogP contribution < -0.4 is 0 Å². The number of carbonyl (C=O) groups excluding carboxylic acids is 1. The van der Waals surface area contributed by atoms with E-state index in [2.05, 4.69) is 15.0 Å². The molecular formula is C14H12N4O2S. The fourth-order valence-electron chi connectivity index (χ4n) is 1.76. The number of carbonyl (C=O) groups is 1. The summed E-state index contributed by atoms with van der Waals surface area (Å²) in [7, 11) is 0. The maximum Gasteiger partial charge on any atom is 0.338 e. The van der Waals surface area contributed by atoms with E-state index in [1.54, 1.807) is 41.6 Å². The van der Waals surface area contributed by atoms with Gasteiger partial charge in [-0.3, -0.25) is 4.57 Å². The fraction of sp³-hybridized carbons (Fsp3) is 0.143. The summed E-state index contributed by atoms with van der Waals surface area (Å²) in [5, 5.41) is 2.71. The predicted octanol–water partition coefficient (Wildman–Crippen LogP) is 2.39. The molecule has 0 amide bonds. The van der Waals surface area contributed by atoms with E-state index in [-0.39, 0.29) is 6.61 Å². The van der Waals surface area contributed by atoms with E-state index < -0.39 is 5.97 Å². The number of esters is 1. The Morgan fingerprint density at radius 1 is 1.43 bits per heavy atom. The minimum Gasteiger partial charge on any atom is -0.455 e. The van der Waals surface area contributed by atoms with Crippen molar-refractivity contribution < 1.29 is 9.53 Å². The number of thiazole rings is 1. The van der Waals surface area contributed by atoms with E-state index in [1.807, 2.05) is 12.3 Å². The lowest BCUT2D eigenvalue weighted by Gasteiger charge is -2.05. The Balaban J connectivity index is 1.71. The molecule has 0 bridgehead atoms. The first-order chi connectivity index (χ1) is 10.2. The van der Waals surface area contributed by atoms with Crippen molar-refractivity contribution in [2.24, 2.45) is 0 Å². The van der Waals surface area contributed by atoms with E-state index in [9.17, 15) is 4.79 Å². The first kappa shape index (κ1) is 13.4. The third kappa shape index (κ3) is 3.14. The van der Waals surface area contributed by atoms with Crippen molar-refractivity contribution >= 4 is 17.3 Å². The molecule has 0 atom stereocenters. The van der Waals surface area contributed by atoms with Crippen LogP contribution in [0, 0.1) is 6.92 Å². The predicted molar refractivity (Wildman–Crippen MR) is 77.3 cm³/mol. The van der Waals surface area contributed by atoms with E-state index >= 15 is 0 Å². The summed E-state index contributed by atoms with van der Waals surface area (Å²) in [6.07, 6.45) is 6.60. The van der Waals surface area contributed by atoms with Gasteiger partial charge in [-0.2, -0.15) is 0 Å². The highest BCUT2D eigenvalue weighted by Gasteiger charge is 2.10. The van der Waals surface area contributed by atoms with Gasteiger partial charge in [-0.05, 0) is 19.1 Å². The molecule has 3 aromatic heterocycles. The second kappa shape index (κ2) is 5.84. The molecule has 7 heteroatoms. The molecule has 0 aliphatic carbocycles. The fourth-order valence-corrected chi connectivity index (χ4v) is 2.44. The van der Waals surface area contributed by atoms with Crippen molar-refractivity contribution in [1.82, 2.24) is 19.5 Å². The maximum absolute atomic E-state index is 12.0. The van der Waals surface area contributed by atoms with Gasteiger partial charge in [0.05, 0.1) is 5.56 Å². The zero-order valence-electron chi connectivity index (χ0n) is 11.3. The van der Waals surface area contributed by atoms with Gasteiger partial charge in [-0.1, -0.05) is 0 Å². The van der Waals surface area contributed by atoms with Crippen molar-refractivity contribution in [3.63, 3.8) is 0 Å². The summed E-state index contributed by atoms with van der Waals surface area (Å²) >= 11 is 1.47. The molecule has 3 aromatic rings. The topological polar surface area (TPSA) is 69.9 Å². The summed E-state index contributed by atoms with van der Waals surface area (Å²) in [5.74, 6) is 0.221. The number of imidazole rings is 1. The molecule has 3 heterocycles. The van der Waals surface area contributed by atoms with Crippen molar-refractivity contribution in [3.8, 4) is 5.82 Å². The molecule has 0 saturated heterocycles. The second-order valence-corrected chi connectivity index (χ2v) is 5.27. The van der Waals surface area contributed by atoms with Gasteiger partial charge in [-0.15, -0.1) is 11.3 Å². The molecule has 0 saturated carbocycles. The summed E-state index contributed by atoms with van der Waals surface area (Å²) in [6.45, 7) is 2.09. The van der Waals surface area contributed by atoms with Crippen LogP contribution in [0.2, 0.25) is 0 Å². The average molecular weight is 300 g/mol. The van der Waals surface area contributed by atoms with Crippen molar-refractivity contribution in [2.75, 3.05) is 0 Å². The molecule has 0 unspecified atom stereocenters. The summed E-state index contributed by atoms with van der Waals surface area (Å²) < 4.78 is 6.98. The average Bonchev–Trinajstić information content (AvgIpc) is 3.16. The van der Waals surface area contributed by atoms with Gasteiger partial charge >= 0.3 is 5.97 Å². The Bertz CT molecular complexity index is 752. The Morgan fingerprint density at radius 2 is 2.33 bits per heavy atom. The normalized spacial score (nSPS) is 10.5. The van der Waals surface area contributed by atoms with Crippen LogP contribution in [0.1, 0.15) is 21.1 Å². The maximum atomic E-state index is 12.0. The van der Waals surface area contributed by atoms with E-state index in [4.69, 9.17) is 4.74 Å². The summed E-state index contributed by atoms with van der Waals surface area (Å²) in [6, 6.07) is 3.28. The number of hydrogen-bond donors (Lipinski definition) is 0. The number of nitrogens with zero attached hydrogens (tertiary/aromatic N) is 4. The monoisotopic (exact) mass is 300 g/mol. The van der Waals surface area contributed by atoms with E-state index in [1.165, 1.54) is 11.3 Å². The van der Waals surface area contributed by atoms with Crippen molar-refractivity contribution in [2.45, 2.75) is 13.5 Å². The molecule has 6 nitrogen and oxygen atoms in total. The lowest BCUT2D eigenvalue weighted by molar-refractivity contribution is 0.0472. The lowest BCUT2D eigenvalue weighted by atomic mass is 10.2. The number of hydrogen-bond acceptors (Lipinski definition) is 6. The molecule has 0 aliphatic heterocycles. The third-order valence-corrected chi connectivity index (χ3v) is 3.68. The van der Waals surface area contributed by atoms with Crippen LogP contribution in [0.15, 0.2) is 42.4 Å². The molecular weight excluding hydrogens is 288 g/mol. The minimum atomic E-state index is -0.397. The van der Waals surface area contributed by atoms with Gasteiger partial charge in [-0.25, -0.2) is 19.7 Å². The SMILES string of the molecule is Cc1csc(COC(=O)c2ccnc(-n3ccnc3)c2)n1. The molecule has 0 N–H and O–H groups in total. The van der Waals surface area contributed by atoms with Gasteiger partial charge in [0.15, 0.2) is 0 Å². The highest BCUT2D eigenvalue weighted by molar-refractivity contribution is 7.09. The number of ether oxygens (including phenoxy) is 1. The number of pyridine rings is 1. The molecule has 0 aromatic carbocycles. The van der Waals surface area contributed by atoms with Crippen LogP contribution >= 0.6 is 11.3 Å². The Hall–Kier alpha value is -2.54.